The van der Waals surface area contributed by atoms with Gasteiger partial charge in [0, 0.05) is 12.8 Å². The van der Waals surface area contributed by atoms with Crippen molar-refractivity contribution in [1.29, 1.82) is 0 Å². The second-order valence-electron chi connectivity index (χ2n) is 4.96. The topological polar surface area (TPSA) is 75.6 Å². The Morgan fingerprint density at radius 1 is 1.26 bits per heavy atom. The quantitative estimate of drug-likeness (QED) is 0.825. The number of carbonyl (C=O) groups is 2. The van der Waals surface area contributed by atoms with E-state index in [1.807, 2.05) is 13.8 Å². The third-order valence-corrected chi connectivity index (χ3v) is 2.73. The van der Waals surface area contributed by atoms with Crippen LogP contribution >= 0.6 is 0 Å². The number of anilines is 1. The van der Waals surface area contributed by atoms with Crippen LogP contribution in [0.1, 0.15) is 25.8 Å². The summed E-state index contributed by atoms with van der Waals surface area (Å²) >= 11 is 0. The Labute approximate surface area is 112 Å². The van der Waals surface area contributed by atoms with Crippen LogP contribution in [0.3, 0.4) is 0 Å². The number of benzene rings is 1. The first kappa shape index (κ1) is 15.2. The van der Waals surface area contributed by atoms with E-state index >= 15 is 0 Å². The van der Waals surface area contributed by atoms with Crippen LogP contribution < -0.4 is 5.32 Å². The minimum absolute atomic E-state index is 0.0229. The third-order valence-electron chi connectivity index (χ3n) is 2.73. The number of rotatable bonds is 6. The normalized spacial score (nSPS) is 11.1. The maximum absolute atomic E-state index is 11.8. The summed E-state index contributed by atoms with van der Waals surface area (Å²) in [6.07, 6.45) is 0.227. The van der Waals surface area contributed by atoms with E-state index in [0.717, 1.165) is 0 Å². The van der Waals surface area contributed by atoms with Crippen LogP contribution in [0, 0.1) is 0 Å². The van der Waals surface area contributed by atoms with E-state index < -0.39 is 11.6 Å². The summed E-state index contributed by atoms with van der Waals surface area (Å²) in [6, 6.07) is 6.75. The van der Waals surface area contributed by atoms with Gasteiger partial charge in [-0.25, -0.2) is 0 Å². The van der Waals surface area contributed by atoms with E-state index in [-0.39, 0.29) is 18.7 Å². The number of amides is 1. The minimum Gasteiger partial charge on any atom is -0.481 e. The molecular formula is C14H19NO4. The lowest BCUT2D eigenvalue weighted by molar-refractivity contribution is -0.136. The lowest BCUT2D eigenvalue weighted by atomic mass is 10.0. The lowest BCUT2D eigenvalue weighted by Gasteiger charge is -2.21. The van der Waals surface area contributed by atoms with Crippen molar-refractivity contribution in [3.05, 3.63) is 29.8 Å². The molecule has 0 heterocycles. The Morgan fingerprint density at radius 3 is 2.32 bits per heavy atom. The molecule has 0 aliphatic heterocycles. The third kappa shape index (κ3) is 5.52. The van der Waals surface area contributed by atoms with Crippen LogP contribution in [-0.4, -0.2) is 29.7 Å². The molecular weight excluding hydrogens is 246 g/mol. The highest BCUT2D eigenvalue weighted by Crippen LogP contribution is 2.15. The Balaban J connectivity index is 2.58. The number of hydrogen-bond donors (Lipinski definition) is 2. The summed E-state index contributed by atoms with van der Waals surface area (Å²) < 4.78 is 5.18. The second kappa shape index (κ2) is 6.33. The molecule has 0 radical (unpaired) electrons. The van der Waals surface area contributed by atoms with Crippen molar-refractivity contribution in [2.75, 3.05) is 12.4 Å². The summed E-state index contributed by atoms with van der Waals surface area (Å²) in [5.74, 6) is -1.02. The highest BCUT2D eigenvalue weighted by Gasteiger charge is 2.20. The van der Waals surface area contributed by atoms with Crippen molar-refractivity contribution in [2.45, 2.75) is 32.3 Å². The summed E-state index contributed by atoms with van der Waals surface area (Å²) in [7, 11) is 1.56. The zero-order chi connectivity index (χ0) is 14.5. The monoisotopic (exact) mass is 265 g/mol. The van der Waals surface area contributed by atoms with Crippen LogP contribution in [0.25, 0.3) is 0 Å². The lowest BCUT2D eigenvalue weighted by Crippen LogP contribution is -2.29. The van der Waals surface area contributed by atoms with Gasteiger partial charge in [-0.2, -0.15) is 0 Å². The van der Waals surface area contributed by atoms with Crippen LogP contribution in [0.5, 0.6) is 0 Å². The number of carboxylic acid groups (broad SMARTS) is 1. The fourth-order valence-electron chi connectivity index (χ4n) is 1.54. The average Bonchev–Trinajstić information content (AvgIpc) is 2.30. The molecule has 5 heteroatoms. The SMILES string of the molecule is COC(C)(C)CC(=O)Nc1ccc(CC(=O)O)cc1. The molecule has 0 saturated carbocycles. The highest BCUT2D eigenvalue weighted by atomic mass is 16.5. The largest absolute Gasteiger partial charge is 0.481 e. The van der Waals surface area contributed by atoms with Gasteiger partial charge >= 0.3 is 5.97 Å². The van der Waals surface area contributed by atoms with Gasteiger partial charge in [0.05, 0.1) is 18.4 Å². The molecule has 1 amide bonds. The van der Waals surface area contributed by atoms with Gasteiger partial charge in [0.2, 0.25) is 5.91 Å². The molecule has 1 aromatic carbocycles. The van der Waals surface area contributed by atoms with Crippen LogP contribution in [0.2, 0.25) is 0 Å². The fraction of sp³-hybridized carbons (Fsp3) is 0.429. The number of hydrogen-bond acceptors (Lipinski definition) is 3. The van der Waals surface area contributed by atoms with E-state index in [1.165, 1.54) is 0 Å². The maximum atomic E-state index is 11.8. The van der Waals surface area contributed by atoms with Gasteiger partial charge < -0.3 is 15.2 Å². The summed E-state index contributed by atoms with van der Waals surface area (Å²) in [6.45, 7) is 3.67. The predicted molar refractivity (Wildman–Crippen MR) is 72.1 cm³/mol. The molecule has 0 aromatic heterocycles. The molecule has 0 bridgehead atoms. The highest BCUT2D eigenvalue weighted by molar-refractivity contribution is 5.91. The first-order valence-electron chi connectivity index (χ1n) is 5.98. The van der Waals surface area contributed by atoms with E-state index in [1.54, 1.807) is 31.4 Å². The van der Waals surface area contributed by atoms with Gasteiger partial charge in [0.15, 0.2) is 0 Å². The van der Waals surface area contributed by atoms with Gasteiger partial charge in [0.25, 0.3) is 0 Å². The zero-order valence-electron chi connectivity index (χ0n) is 11.4. The first-order chi connectivity index (χ1) is 8.82. The van der Waals surface area contributed by atoms with E-state index in [2.05, 4.69) is 5.32 Å². The molecule has 0 aliphatic carbocycles. The molecule has 5 nitrogen and oxygen atoms in total. The molecule has 0 fully saturated rings. The Bertz CT molecular complexity index is 451. The molecule has 0 atom stereocenters. The molecule has 0 spiro atoms. The summed E-state index contributed by atoms with van der Waals surface area (Å²) in [5.41, 5.74) is 0.835. The summed E-state index contributed by atoms with van der Waals surface area (Å²) in [5, 5.41) is 11.4. The zero-order valence-corrected chi connectivity index (χ0v) is 11.4. The smallest absolute Gasteiger partial charge is 0.307 e. The average molecular weight is 265 g/mol. The predicted octanol–water partition coefficient (Wildman–Crippen LogP) is 2.07. The van der Waals surface area contributed by atoms with Crippen LogP contribution in [0.4, 0.5) is 5.69 Å². The Kier molecular flexibility index (Phi) is 5.06. The van der Waals surface area contributed by atoms with E-state index in [0.29, 0.717) is 11.3 Å². The molecule has 0 saturated heterocycles. The van der Waals surface area contributed by atoms with Crippen LogP contribution in [0.15, 0.2) is 24.3 Å². The van der Waals surface area contributed by atoms with Crippen molar-refractivity contribution in [3.8, 4) is 0 Å². The van der Waals surface area contributed by atoms with Crippen LogP contribution in [-0.2, 0) is 20.7 Å². The minimum atomic E-state index is -0.876. The van der Waals surface area contributed by atoms with Crippen molar-refractivity contribution in [2.24, 2.45) is 0 Å². The number of aliphatic carboxylic acids is 1. The number of ether oxygens (including phenoxy) is 1. The van der Waals surface area contributed by atoms with Gasteiger partial charge in [-0.3, -0.25) is 9.59 Å². The van der Waals surface area contributed by atoms with Gasteiger partial charge in [0.1, 0.15) is 0 Å². The van der Waals surface area contributed by atoms with Crippen molar-refractivity contribution in [3.63, 3.8) is 0 Å². The Morgan fingerprint density at radius 2 is 1.84 bits per heavy atom. The standard InChI is InChI=1S/C14H19NO4/c1-14(2,19-3)9-12(16)15-11-6-4-10(5-7-11)8-13(17)18/h4-7H,8-9H2,1-3H3,(H,15,16)(H,17,18). The maximum Gasteiger partial charge on any atom is 0.307 e. The van der Waals surface area contributed by atoms with Gasteiger partial charge in [-0.1, -0.05) is 12.1 Å². The van der Waals surface area contributed by atoms with Crippen molar-refractivity contribution >= 4 is 17.6 Å². The molecule has 0 unspecified atom stereocenters. The molecule has 2 N–H and O–H groups in total. The summed E-state index contributed by atoms with van der Waals surface area (Å²) in [4.78, 5) is 22.3. The number of carboxylic acids is 1. The number of nitrogens with one attached hydrogen (secondary N) is 1. The van der Waals surface area contributed by atoms with Gasteiger partial charge in [-0.05, 0) is 31.5 Å². The van der Waals surface area contributed by atoms with Crippen molar-refractivity contribution in [1.82, 2.24) is 0 Å². The van der Waals surface area contributed by atoms with Gasteiger partial charge in [-0.15, -0.1) is 0 Å². The second-order valence-corrected chi connectivity index (χ2v) is 4.96. The molecule has 0 aliphatic rings. The molecule has 19 heavy (non-hydrogen) atoms. The molecule has 104 valence electrons. The van der Waals surface area contributed by atoms with Crippen molar-refractivity contribution < 1.29 is 19.4 Å². The molecule has 1 aromatic rings. The number of carbonyl (C=O) groups excluding carboxylic acids is 1. The molecule has 1 rings (SSSR count). The fourth-order valence-corrected chi connectivity index (χ4v) is 1.54. The van der Waals surface area contributed by atoms with E-state index in [9.17, 15) is 9.59 Å². The number of methoxy groups -OCH3 is 1. The first-order valence-corrected chi connectivity index (χ1v) is 5.98. The Hall–Kier alpha value is -1.88. The van der Waals surface area contributed by atoms with E-state index in [4.69, 9.17) is 9.84 Å².